The Morgan fingerprint density at radius 2 is 2.31 bits per heavy atom. The number of aliphatic hydroxyl groups is 1. The number of halogens is 1. The van der Waals surface area contributed by atoms with E-state index in [1.165, 1.54) is 11.3 Å². The summed E-state index contributed by atoms with van der Waals surface area (Å²) in [5.41, 5.74) is 0. The third-order valence-electron chi connectivity index (χ3n) is 1.67. The van der Waals surface area contributed by atoms with Crippen LogP contribution in [0.3, 0.4) is 0 Å². The first kappa shape index (κ1) is 17.9. The van der Waals surface area contributed by atoms with E-state index in [2.05, 4.69) is 0 Å². The number of rotatable bonds is 4. The smallest absolute Gasteiger partial charge is 0.372 e. The van der Waals surface area contributed by atoms with Crippen molar-refractivity contribution in [3.63, 3.8) is 0 Å². The van der Waals surface area contributed by atoms with Crippen LogP contribution < -0.4 is 21.5 Å². The topological polar surface area (TPSA) is 50.4 Å². The molecule has 0 amide bonds. The summed E-state index contributed by atoms with van der Waals surface area (Å²) in [5, 5.41) is 12.0. The van der Waals surface area contributed by atoms with E-state index in [0.717, 1.165) is 5.01 Å². The number of nitrogens with zero attached hydrogens (tertiary/aromatic N) is 1. The van der Waals surface area contributed by atoms with E-state index in [4.69, 9.17) is 4.74 Å². The van der Waals surface area contributed by atoms with Crippen LogP contribution in [0.2, 0.25) is 0 Å². The lowest BCUT2D eigenvalue weighted by Gasteiger charge is -2.00. The molecule has 0 saturated heterocycles. The molecule has 16 heavy (non-hydrogen) atoms. The highest BCUT2D eigenvalue weighted by molar-refractivity contribution is 7.09. The Morgan fingerprint density at radius 3 is 2.81 bits per heavy atom. The first-order chi connectivity index (χ1) is 6.65. The minimum atomic E-state index is -0.551. The van der Waals surface area contributed by atoms with E-state index < -0.39 is 6.10 Å². The molecule has 0 aliphatic heterocycles. The molecular weight excluding hydrogens is 294 g/mol. The van der Waals surface area contributed by atoms with Crippen LogP contribution in [0.25, 0.3) is 0 Å². The second-order valence-electron chi connectivity index (χ2n) is 2.85. The molecule has 0 fully saturated rings. The number of hydrogen-bond donors (Lipinski definition) is 1. The summed E-state index contributed by atoms with van der Waals surface area (Å²) in [4.78, 5) is 11.2. The largest absolute Gasteiger partial charge is 1.00 e. The quantitative estimate of drug-likeness (QED) is 0.532. The standard InChI is InChI=1S/C9H14NO3S.CH4.BrH/c1-3-13-8(12)6-10-4-5-14-9(10)7(2)11;;/h4-5,7,11H,3,6H2,1-2H3;1H4;1H/q+1;;/p-1. The summed E-state index contributed by atoms with van der Waals surface area (Å²) in [7, 11) is 0. The van der Waals surface area contributed by atoms with Gasteiger partial charge in [0.15, 0.2) is 6.20 Å². The van der Waals surface area contributed by atoms with Gasteiger partial charge in [0.25, 0.3) is 5.01 Å². The van der Waals surface area contributed by atoms with Crippen LogP contribution >= 0.6 is 11.3 Å². The van der Waals surface area contributed by atoms with Gasteiger partial charge in [-0.05, 0) is 13.8 Å². The number of aliphatic hydroxyl groups excluding tert-OH is 1. The number of carbonyl (C=O) groups is 1. The summed E-state index contributed by atoms with van der Waals surface area (Å²) in [5.74, 6) is -0.280. The fraction of sp³-hybridized carbons (Fsp3) is 0.600. The molecule has 0 spiro atoms. The van der Waals surface area contributed by atoms with Crippen LogP contribution in [0.5, 0.6) is 0 Å². The van der Waals surface area contributed by atoms with Crippen molar-refractivity contribution in [2.24, 2.45) is 0 Å². The minimum Gasteiger partial charge on any atom is -1.00 e. The highest BCUT2D eigenvalue weighted by atomic mass is 79.9. The average molecular weight is 312 g/mol. The highest BCUT2D eigenvalue weighted by Gasteiger charge is 2.20. The van der Waals surface area contributed by atoms with Crippen molar-refractivity contribution < 1.29 is 36.2 Å². The zero-order chi connectivity index (χ0) is 10.6. The third kappa shape index (κ3) is 5.05. The molecule has 1 heterocycles. The summed E-state index contributed by atoms with van der Waals surface area (Å²) < 4.78 is 6.51. The van der Waals surface area contributed by atoms with Crippen molar-refractivity contribution >= 4 is 17.3 Å². The molecule has 1 aromatic rings. The molecule has 1 N–H and O–H groups in total. The maximum atomic E-state index is 11.2. The van der Waals surface area contributed by atoms with Gasteiger partial charge in [0, 0.05) is 0 Å². The molecule has 6 heteroatoms. The number of ether oxygens (including phenoxy) is 1. The van der Waals surface area contributed by atoms with Gasteiger partial charge >= 0.3 is 5.97 Å². The predicted octanol–water partition coefficient (Wildman–Crippen LogP) is -1.71. The van der Waals surface area contributed by atoms with Crippen molar-refractivity contribution in [1.82, 2.24) is 0 Å². The molecule has 0 saturated carbocycles. The summed E-state index contributed by atoms with van der Waals surface area (Å²) >= 11 is 1.42. The Labute approximate surface area is 111 Å². The molecule has 0 radical (unpaired) electrons. The maximum Gasteiger partial charge on any atom is 0.372 e. The number of thiazole rings is 1. The molecule has 1 aromatic heterocycles. The van der Waals surface area contributed by atoms with E-state index in [9.17, 15) is 9.90 Å². The van der Waals surface area contributed by atoms with E-state index in [-0.39, 0.29) is 36.9 Å². The van der Waals surface area contributed by atoms with Crippen molar-refractivity contribution in [3.8, 4) is 0 Å². The Hall–Kier alpha value is -0.460. The van der Waals surface area contributed by atoms with Crippen molar-refractivity contribution in [1.29, 1.82) is 0 Å². The van der Waals surface area contributed by atoms with Gasteiger partial charge < -0.3 is 26.8 Å². The zero-order valence-electron chi connectivity index (χ0n) is 8.64. The van der Waals surface area contributed by atoms with Crippen LogP contribution in [0, 0.1) is 0 Å². The Kier molecular flexibility index (Phi) is 9.70. The normalized spacial score (nSPS) is 10.9. The van der Waals surface area contributed by atoms with Gasteiger partial charge in [-0.25, -0.2) is 4.79 Å². The van der Waals surface area contributed by atoms with Crippen LogP contribution in [-0.2, 0) is 16.1 Å². The molecule has 0 aliphatic rings. The molecule has 4 nitrogen and oxygen atoms in total. The molecule has 1 atom stereocenters. The van der Waals surface area contributed by atoms with E-state index in [0.29, 0.717) is 6.61 Å². The Morgan fingerprint density at radius 1 is 1.69 bits per heavy atom. The van der Waals surface area contributed by atoms with Gasteiger partial charge in [0.2, 0.25) is 6.54 Å². The van der Waals surface area contributed by atoms with Crippen molar-refractivity contribution in [2.45, 2.75) is 33.9 Å². The van der Waals surface area contributed by atoms with Gasteiger partial charge in [-0.3, -0.25) is 0 Å². The van der Waals surface area contributed by atoms with Gasteiger partial charge in [-0.15, -0.1) is 0 Å². The van der Waals surface area contributed by atoms with Crippen molar-refractivity contribution in [3.05, 3.63) is 16.6 Å². The van der Waals surface area contributed by atoms with E-state index in [1.54, 1.807) is 24.6 Å². The Bertz CT molecular complexity index is 315. The SMILES string of the molecule is C.CCOC(=O)C[n+]1ccsc1C(C)O.[Br-]. The Balaban J connectivity index is 0. The third-order valence-corrected chi connectivity index (χ3v) is 2.75. The van der Waals surface area contributed by atoms with Gasteiger partial charge in [-0.1, -0.05) is 18.8 Å². The second kappa shape index (κ2) is 8.66. The zero-order valence-corrected chi connectivity index (χ0v) is 11.0. The van der Waals surface area contributed by atoms with Crippen LogP contribution in [0.15, 0.2) is 11.6 Å². The summed E-state index contributed by atoms with van der Waals surface area (Å²) in [6.07, 6.45) is 1.22. The molecule has 94 valence electrons. The lowest BCUT2D eigenvalue weighted by molar-refractivity contribution is -0.691. The molecule has 1 unspecified atom stereocenters. The number of hydrogen-bond acceptors (Lipinski definition) is 4. The fourth-order valence-electron chi connectivity index (χ4n) is 1.13. The van der Waals surface area contributed by atoms with E-state index >= 15 is 0 Å². The minimum absolute atomic E-state index is 0. The first-order valence-corrected chi connectivity index (χ1v) is 5.33. The predicted molar refractivity (Wildman–Crippen MR) is 58.5 cm³/mol. The van der Waals surface area contributed by atoms with Crippen LogP contribution in [0.1, 0.15) is 32.4 Å². The fourth-order valence-corrected chi connectivity index (χ4v) is 1.93. The van der Waals surface area contributed by atoms with Crippen LogP contribution in [-0.4, -0.2) is 17.7 Å². The highest BCUT2D eigenvalue weighted by Crippen LogP contribution is 2.12. The lowest BCUT2D eigenvalue weighted by Crippen LogP contribution is -3.00. The summed E-state index contributed by atoms with van der Waals surface area (Å²) in [6.45, 7) is 3.99. The monoisotopic (exact) mass is 311 g/mol. The average Bonchev–Trinajstić information content (AvgIpc) is 2.52. The van der Waals surface area contributed by atoms with Crippen molar-refractivity contribution in [2.75, 3.05) is 6.61 Å². The molecule has 0 aromatic carbocycles. The number of esters is 1. The molecular formula is C10H18BrNO3S. The summed E-state index contributed by atoms with van der Waals surface area (Å²) in [6, 6.07) is 0. The van der Waals surface area contributed by atoms with Crippen LogP contribution in [0.4, 0.5) is 0 Å². The molecule has 1 rings (SSSR count). The number of aromatic nitrogens is 1. The second-order valence-corrected chi connectivity index (χ2v) is 3.78. The molecule has 0 bridgehead atoms. The first-order valence-electron chi connectivity index (χ1n) is 4.45. The number of carbonyl (C=O) groups excluding carboxylic acids is 1. The maximum absolute atomic E-state index is 11.2. The molecule has 0 aliphatic carbocycles. The van der Waals surface area contributed by atoms with Gasteiger partial charge in [0.05, 0.1) is 12.0 Å². The van der Waals surface area contributed by atoms with Gasteiger partial charge in [-0.2, -0.15) is 4.57 Å². The lowest BCUT2D eigenvalue weighted by atomic mass is 10.4. The van der Waals surface area contributed by atoms with E-state index in [1.807, 2.05) is 5.38 Å². The van der Waals surface area contributed by atoms with Gasteiger partial charge in [0.1, 0.15) is 6.10 Å².